The van der Waals surface area contributed by atoms with Crippen LogP contribution in [0.15, 0.2) is 36.7 Å². The monoisotopic (exact) mass is 515 g/mol. The van der Waals surface area contributed by atoms with Gasteiger partial charge in [-0.3, -0.25) is 14.0 Å². The van der Waals surface area contributed by atoms with Crippen LogP contribution >= 0.6 is 11.6 Å². The van der Waals surface area contributed by atoms with Gasteiger partial charge in [0.2, 0.25) is 5.91 Å². The van der Waals surface area contributed by atoms with Crippen LogP contribution in [0.1, 0.15) is 30.7 Å². The lowest BCUT2D eigenvalue weighted by Crippen LogP contribution is -2.47. The first-order valence-electron chi connectivity index (χ1n) is 12.0. The fourth-order valence-electron chi connectivity index (χ4n) is 5.31. The number of aryl methyl sites for hydroxylation is 1. The molecule has 10 heteroatoms. The highest BCUT2D eigenvalue weighted by Crippen LogP contribution is 2.47. The topological polar surface area (TPSA) is 89.4 Å². The fraction of sp³-hybridized carbons (Fsp3) is 0.480. The number of halogens is 1. The van der Waals surface area contributed by atoms with Crippen LogP contribution in [0.4, 0.5) is 5.69 Å². The molecule has 2 aliphatic heterocycles. The lowest BCUT2D eigenvalue weighted by atomic mass is 9.74. The lowest BCUT2D eigenvalue weighted by Gasteiger charge is -2.33. The summed E-state index contributed by atoms with van der Waals surface area (Å²) in [4.78, 5) is 25.0. The minimum absolute atomic E-state index is 0.124. The predicted molar refractivity (Wildman–Crippen MR) is 138 cm³/mol. The van der Waals surface area contributed by atoms with E-state index in [9.17, 15) is 9.00 Å². The molecule has 1 unspecified atom stereocenters. The van der Waals surface area contributed by atoms with Gasteiger partial charge in [0.25, 0.3) is 0 Å². The molecule has 3 aromatic rings. The number of nitrogens with zero attached hydrogens (tertiary/aromatic N) is 4. The minimum Gasteiger partial charge on any atom is -0.384 e. The number of hydrogen-bond donors (Lipinski definition) is 1. The van der Waals surface area contributed by atoms with Crippen molar-refractivity contribution in [2.75, 3.05) is 43.2 Å². The van der Waals surface area contributed by atoms with Gasteiger partial charge < -0.3 is 19.5 Å². The Hall–Kier alpha value is -2.33. The van der Waals surface area contributed by atoms with E-state index >= 15 is 0 Å². The number of amides is 1. The molecule has 1 atom stereocenters. The first kappa shape index (κ1) is 24.4. The zero-order valence-electron chi connectivity index (χ0n) is 19.8. The molecule has 0 aliphatic carbocycles. The maximum Gasteiger partial charge on any atom is 0.238 e. The lowest BCUT2D eigenvalue weighted by molar-refractivity contribution is -0.124. The Labute approximate surface area is 212 Å². The third-order valence-electron chi connectivity index (χ3n) is 7.08. The fourth-order valence-corrected chi connectivity index (χ4v) is 6.48. The summed E-state index contributed by atoms with van der Waals surface area (Å²) < 4.78 is 19.5. The molecule has 1 amide bonds. The van der Waals surface area contributed by atoms with Crippen LogP contribution < -0.4 is 10.2 Å². The van der Waals surface area contributed by atoms with Crippen molar-refractivity contribution in [2.45, 2.75) is 37.8 Å². The first-order chi connectivity index (χ1) is 17.0. The molecule has 1 spiro atoms. The van der Waals surface area contributed by atoms with Crippen LogP contribution in [0.5, 0.6) is 0 Å². The van der Waals surface area contributed by atoms with Gasteiger partial charge in [0, 0.05) is 47.2 Å². The summed E-state index contributed by atoms with van der Waals surface area (Å²) in [6, 6.07) is 7.67. The number of rotatable bonds is 9. The van der Waals surface area contributed by atoms with Gasteiger partial charge >= 0.3 is 0 Å². The van der Waals surface area contributed by atoms with Crippen LogP contribution in [-0.4, -0.2) is 63.0 Å². The van der Waals surface area contributed by atoms with Gasteiger partial charge in [-0.25, -0.2) is 4.98 Å². The Kier molecular flexibility index (Phi) is 7.20. The summed E-state index contributed by atoms with van der Waals surface area (Å²) in [5.41, 5.74) is 3.20. The molecule has 2 aromatic heterocycles. The molecule has 1 aromatic carbocycles. The Bertz CT molecular complexity index is 1260. The van der Waals surface area contributed by atoms with Crippen LogP contribution in [0, 0.1) is 0 Å². The van der Waals surface area contributed by atoms with Gasteiger partial charge in [0.05, 0.1) is 41.5 Å². The van der Waals surface area contributed by atoms with Crippen molar-refractivity contribution < 1.29 is 13.7 Å². The normalized spacial score (nSPS) is 17.9. The molecule has 0 radical (unpaired) electrons. The number of anilines is 1. The van der Waals surface area contributed by atoms with E-state index in [0.717, 1.165) is 60.5 Å². The van der Waals surface area contributed by atoms with E-state index in [1.807, 2.05) is 29.2 Å². The van der Waals surface area contributed by atoms with Crippen LogP contribution in [-0.2, 0) is 38.8 Å². The number of hydrogen-bond acceptors (Lipinski definition) is 6. The van der Waals surface area contributed by atoms with E-state index in [-0.39, 0.29) is 5.91 Å². The van der Waals surface area contributed by atoms with E-state index in [4.69, 9.17) is 21.3 Å². The zero-order valence-corrected chi connectivity index (χ0v) is 21.4. The summed E-state index contributed by atoms with van der Waals surface area (Å²) in [6.45, 7) is 3.14. The van der Waals surface area contributed by atoms with Gasteiger partial charge in [-0.15, -0.1) is 0 Å². The van der Waals surface area contributed by atoms with E-state index in [2.05, 4.69) is 14.9 Å². The SMILES string of the molecule is COCCS(=O)CCCn1c(CN2C(=O)C3(CCNCC3)c3ccncc32)nc2cc(Cl)ccc21. The molecule has 1 fully saturated rings. The maximum absolute atomic E-state index is 13.9. The highest BCUT2D eigenvalue weighted by molar-refractivity contribution is 7.84. The molecule has 35 heavy (non-hydrogen) atoms. The van der Waals surface area contributed by atoms with Gasteiger partial charge in [-0.2, -0.15) is 0 Å². The number of methoxy groups -OCH3 is 1. The quantitative estimate of drug-likeness (QED) is 0.471. The highest BCUT2D eigenvalue weighted by Gasteiger charge is 2.51. The number of pyridine rings is 1. The third-order valence-corrected chi connectivity index (χ3v) is 8.68. The summed E-state index contributed by atoms with van der Waals surface area (Å²) in [5.74, 6) is 2.03. The van der Waals surface area contributed by atoms with Crippen molar-refractivity contribution in [2.24, 2.45) is 0 Å². The number of benzene rings is 1. The number of carbonyl (C=O) groups is 1. The number of fused-ring (bicyclic) bond motifs is 3. The molecule has 0 bridgehead atoms. The summed E-state index contributed by atoms with van der Waals surface area (Å²) in [7, 11) is 0.688. The maximum atomic E-state index is 13.9. The predicted octanol–water partition coefficient (Wildman–Crippen LogP) is 3.04. The van der Waals surface area contributed by atoms with Gasteiger partial charge in [0.15, 0.2) is 0 Å². The van der Waals surface area contributed by atoms with Crippen molar-refractivity contribution in [1.29, 1.82) is 0 Å². The Morgan fingerprint density at radius 2 is 2.06 bits per heavy atom. The summed E-state index contributed by atoms with van der Waals surface area (Å²) in [6.07, 6.45) is 5.86. The number of ether oxygens (including phenoxy) is 1. The van der Waals surface area contributed by atoms with E-state index in [0.29, 0.717) is 36.2 Å². The second-order valence-corrected chi connectivity index (χ2v) is 11.3. The second kappa shape index (κ2) is 10.3. The van der Waals surface area contributed by atoms with E-state index in [1.165, 1.54) is 0 Å². The number of nitrogens with one attached hydrogen (secondary N) is 1. The molecule has 1 saturated heterocycles. The Morgan fingerprint density at radius 3 is 2.86 bits per heavy atom. The van der Waals surface area contributed by atoms with Crippen molar-refractivity contribution in [1.82, 2.24) is 19.9 Å². The Morgan fingerprint density at radius 1 is 1.23 bits per heavy atom. The minimum atomic E-state index is -0.931. The Balaban J connectivity index is 1.45. The molecular weight excluding hydrogens is 486 g/mol. The van der Waals surface area contributed by atoms with E-state index < -0.39 is 16.2 Å². The average Bonchev–Trinajstić information content (AvgIpc) is 3.31. The van der Waals surface area contributed by atoms with Gasteiger partial charge in [0.1, 0.15) is 5.82 Å². The number of imidazole rings is 1. The number of aromatic nitrogens is 3. The van der Waals surface area contributed by atoms with Crippen LogP contribution in [0.25, 0.3) is 11.0 Å². The van der Waals surface area contributed by atoms with Crippen LogP contribution in [0.2, 0.25) is 5.02 Å². The molecule has 186 valence electrons. The molecule has 8 nitrogen and oxygen atoms in total. The van der Waals surface area contributed by atoms with Gasteiger partial charge in [-0.1, -0.05) is 11.6 Å². The van der Waals surface area contributed by atoms with Gasteiger partial charge in [-0.05, 0) is 62.2 Å². The number of piperidine rings is 1. The summed E-state index contributed by atoms with van der Waals surface area (Å²) in [5, 5.41) is 4.00. The highest BCUT2D eigenvalue weighted by atomic mass is 35.5. The van der Waals surface area contributed by atoms with Crippen molar-refractivity contribution in [3.63, 3.8) is 0 Å². The molecule has 5 rings (SSSR count). The van der Waals surface area contributed by atoms with Crippen molar-refractivity contribution in [3.8, 4) is 0 Å². The van der Waals surface area contributed by atoms with Crippen molar-refractivity contribution in [3.05, 3.63) is 53.1 Å². The number of carbonyl (C=O) groups excluding carboxylic acids is 1. The van der Waals surface area contributed by atoms with Crippen LogP contribution in [0.3, 0.4) is 0 Å². The smallest absolute Gasteiger partial charge is 0.238 e. The average molecular weight is 516 g/mol. The largest absolute Gasteiger partial charge is 0.384 e. The summed E-state index contributed by atoms with van der Waals surface area (Å²) >= 11 is 6.25. The second-order valence-electron chi connectivity index (χ2n) is 9.12. The van der Waals surface area contributed by atoms with E-state index in [1.54, 1.807) is 19.5 Å². The van der Waals surface area contributed by atoms with Crippen molar-refractivity contribution >= 4 is 45.0 Å². The first-order valence-corrected chi connectivity index (χ1v) is 13.9. The molecular formula is C25H30ClN5O3S. The molecule has 0 saturated carbocycles. The molecule has 4 heterocycles. The third kappa shape index (κ3) is 4.62. The zero-order chi connectivity index (χ0) is 24.4. The standard InChI is InChI=1S/C25H30ClN5O3S/c1-34-12-14-35(33)13-2-11-30-21-4-3-18(26)15-20(21)29-23(30)17-31-22-16-28-8-5-19(22)25(24(31)32)6-9-27-10-7-25/h3-5,8,15-16,27H,2,6-7,9-14,17H2,1H3. The molecule has 2 aliphatic rings. The molecule has 1 N–H and O–H groups in total.